The van der Waals surface area contributed by atoms with Crippen molar-refractivity contribution in [2.75, 3.05) is 34.5 Å². The number of ether oxygens (including phenoxy) is 6. The average Bonchev–Trinajstić information content (AvgIpc) is 3.22. The standard InChI is InChI=1S/C45H72N2O13/c1-10-31-18-25(2)17-26(3)19-37(56-8)41-38(57-9)21-28(5)45(54,60-41)42(51)43(52)47-16-12-11-13-32(47)44(53)59-40(29(6)33(48)23-34(31)49)27(4)20-30-14-15-35(36(22-30)55-7)58-24-39(46)50/h18,20,26,28-33,35-38,40-41,48,54H,10-17,19,21-24H2,1-9H3,(H2,46,50)/b25-18+,27-20+/t26-,28+,29+,30?,31+,32-,33-,35+,36+,37-,38-,40+,41+,45+/m0/s1. The summed E-state index contributed by atoms with van der Waals surface area (Å²) < 4.78 is 35.7. The highest BCUT2D eigenvalue weighted by Crippen LogP contribution is 2.39. The SMILES string of the molecule is CC[C@@H]1/C=C(\C)C[C@H](C)C[C@H](OC)[C@H]2O[C@@](O)(C(=O)C(=O)N3CCCC[C@H]3C(=O)O[C@H](/C(C)=C/C3CC[C@@H](OCC(N)=O)[C@H](OC)C3)[C@H](C)[C@@H](O)CC1=O)[C@H](C)C[C@@H]2OC. The van der Waals surface area contributed by atoms with E-state index in [1.54, 1.807) is 21.0 Å². The van der Waals surface area contributed by atoms with Crippen molar-refractivity contribution in [3.63, 3.8) is 0 Å². The van der Waals surface area contributed by atoms with E-state index in [1.165, 1.54) is 19.1 Å². The maximum Gasteiger partial charge on any atom is 0.329 e. The van der Waals surface area contributed by atoms with Crippen LogP contribution >= 0.6 is 0 Å². The lowest BCUT2D eigenvalue weighted by Gasteiger charge is -2.47. The number of cyclic esters (lactones) is 1. The normalized spacial score (nSPS) is 39.5. The van der Waals surface area contributed by atoms with Gasteiger partial charge >= 0.3 is 5.97 Å². The van der Waals surface area contributed by atoms with Crippen molar-refractivity contribution in [3.8, 4) is 0 Å². The molecule has 3 aliphatic heterocycles. The number of ketones is 2. The molecule has 0 radical (unpaired) electrons. The molecule has 0 aromatic rings. The first-order chi connectivity index (χ1) is 28.4. The molecule has 0 aromatic heterocycles. The van der Waals surface area contributed by atoms with Crippen molar-refractivity contribution >= 4 is 29.4 Å². The van der Waals surface area contributed by atoms with Gasteiger partial charge in [0, 0.05) is 52.0 Å². The largest absolute Gasteiger partial charge is 0.456 e. The van der Waals surface area contributed by atoms with E-state index >= 15 is 0 Å². The number of carbonyl (C=O) groups is 5. The molecule has 340 valence electrons. The molecule has 4 aliphatic rings. The Morgan fingerprint density at radius 2 is 1.62 bits per heavy atom. The summed E-state index contributed by atoms with van der Waals surface area (Å²) in [5.74, 6) is -8.27. The highest BCUT2D eigenvalue weighted by molar-refractivity contribution is 6.39. The molecule has 3 fully saturated rings. The summed E-state index contributed by atoms with van der Waals surface area (Å²) >= 11 is 0. The van der Waals surface area contributed by atoms with Gasteiger partial charge in [-0.2, -0.15) is 0 Å². The van der Waals surface area contributed by atoms with Crippen LogP contribution in [0.3, 0.4) is 0 Å². The number of esters is 1. The molecule has 14 atom stereocenters. The van der Waals surface area contributed by atoms with Crippen molar-refractivity contribution in [1.82, 2.24) is 4.90 Å². The van der Waals surface area contributed by atoms with Crippen LogP contribution in [0.25, 0.3) is 0 Å². The van der Waals surface area contributed by atoms with Crippen molar-refractivity contribution in [3.05, 3.63) is 23.3 Å². The molecule has 15 nitrogen and oxygen atoms in total. The van der Waals surface area contributed by atoms with E-state index in [2.05, 4.69) is 0 Å². The van der Waals surface area contributed by atoms with Gasteiger partial charge in [0.25, 0.3) is 11.7 Å². The third kappa shape index (κ3) is 12.1. The minimum Gasteiger partial charge on any atom is -0.456 e. The summed E-state index contributed by atoms with van der Waals surface area (Å²) in [6.07, 6.45) is 3.78. The Morgan fingerprint density at radius 1 is 0.950 bits per heavy atom. The molecule has 0 aromatic carbocycles. The second-order valence-corrected chi connectivity index (χ2v) is 17.9. The van der Waals surface area contributed by atoms with E-state index in [0.29, 0.717) is 56.9 Å². The summed E-state index contributed by atoms with van der Waals surface area (Å²) in [6, 6.07) is -1.16. The van der Waals surface area contributed by atoms with Crippen molar-refractivity contribution in [2.45, 2.75) is 167 Å². The number of piperidine rings is 1. The number of amides is 2. The summed E-state index contributed by atoms with van der Waals surface area (Å²) in [6.45, 7) is 11.0. The van der Waals surface area contributed by atoms with E-state index < -0.39 is 83.7 Å². The predicted molar refractivity (Wildman–Crippen MR) is 221 cm³/mol. The maximum atomic E-state index is 14.4. The zero-order chi connectivity index (χ0) is 44.5. The first kappa shape index (κ1) is 49.6. The lowest BCUT2D eigenvalue weighted by atomic mass is 9.81. The van der Waals surface area contributed by atoms with E-state index in [1.807, 2.05) is 39.8 Å². The fraction of sp³-hybridized carbons (Fsp3) is 0.800. The highest BCUT2D eigenvalue weighted by Gasteiger charge is 2.56. The van der Waals surface area contributed by atoms with Crippen LogP contribution < -0.4 is 5.73 Å². The second kappa shape index (κ2) is 22.3. The summed E-state index contributed by atoms with van der Waals surface area (Å²) in [7, 11) is 4.63. The summed E-state index contributed by atoms with van der Waals surface area (Å²) in [4.78, 5) is 69.3. The third-order valence-electron chi connectivity index (χ3n) is 13.3. The van der Waals surface area contributed by atoms with Crippen LogP contribution in [0.5, 0.6) is 0 Å². The van der Waals surface area contributed by atoms with E-state index in [9.17, 15) is 34.2 Å². The lowest BCUT2D eigenvalue weighted by molar-refractivity contribution is -0.302. The Morgan fingerprint density at radius 3 is 2.25 bits per heavy atom. The number of hydrogen-bond donors (Lipinski definition) is 3. The Balaban J connectivity index is 1.74. The third-order valence-corrected chi connectivity index (χ3v) is 13.3. The molecule has 4 N–H and O–H groups in total. The lowest BCUT2D eigenvalue weighted by Crippen LogP contribution is -2.64. The molecule has 2 bridgehead atoms. The number of nitrogens with two attached hydrogens (primary N) is 1. The maximum absolute atomic E-state index is 14.4. The minimum absolute atomic E-state index is 0.0223. The number of Topliss-reactive ketones (excluding diaryl/α,β-unsaturated/α-hetero) is 2. The summed E-state index contributed by atoms with van der Waals surface area (Å²) in [5.41, 5.74) is 6.93. The van der Waals surface area contributed by atoms with Gasteiger partial charge in [-0.1, -0.05) is 45.4 Å². The van der Waals surface area contributed by atoms with Crippen LogP contribution in [0.4, 0.5) is 0 Å². The monoisotopic (exact) mass is 849 g/mol. The van der Waals surface area contributed by atoms with Gasteiger partial charge in [-0.15, -0.1) is 0 Å². The molecule has 1 aliphatic carbocycles. The number of fused-ring (bicyclic) bond motifs is 3. The van der Waals surface area contributed by atoms with Crippen LogP contribution in [0, 0.1) is 29.6 Å². The Bertz CT molecular complexity index is 1570. The minimum atomic E-state index is -2.52. The number of aliphatic hydroxyl groups excluding tert-OH is 1. The second-order valence-electron chi connectivity index (χ2n) is 17.9. The molecule has 1 unspecified atom stereocenters. The molecule has 3 heterocycles. The zero-order valence-corrected chi connectivity index (χ0v) is 37.3. The molecule has 60 heavy (non-hydrogen) atoms. The molecule has 0 spiro atoms. The van der Waals surface area contributed by atoms with Gasteiger partial charge in [0.1, 0.15) is 30.6 Å². The molecule has 4 rings (SSSR count). The van der Waals surface area contributed by atoms with Gasteiger partial charge in [0.2, 0.25) is 11.7 Å². The number of allylic oxidation sites excluding steroid dienone is 3. The van der Waals surface area contributed by atoms with E-state index in [4.69, 9.17) is 34.2 Å². The molecule has 1 saturated carbocycles. The Kier molecular flexibility index (Phi) is 18.5. The van der Waals surface area contributed by atoms with Crippen molar-refractivity contribution in [1.29, 1.82) is 0 Å². The average molecular weight is 849 g/mol. The quantitative estimate of drug-likeness (QED) is 0.171. The van der Waals surface area contributed by atoms with Crippen LogP contribution in [-0.4, -0.2) is 134 Å². The van der Waals surface area contributed by atoms with Gasteiger partial charge in [0.05, 0.1) is 30.5 Å². The molecular formula is C45H72N2O13. The topological polar surface area (TPSA) is 210 Å². The molecule has 15 heteroatoms. The van der Waals surface area contributed by atoms with Gasteiger partial charge in [-0.05, 0) is 95.5 Å². The van der Waals surface area contributed by atoms with Crippen molar-refractivity contribution < 1.29 is 62.6 Å². The highest BCUT2D eigenvalue weighted by atomic mass is 16.7. The van der Waals surface area contributed by atoms with Gasteiger partial charge < -0.3 is 49.3 Å². The summed E-state index contributed by atoms with van der Waals surface area (Å²) in [5, 5.41) is 23.8. The predicted octanol–water partition coefficient (Wildman–Crippen LogP) is 3.98. The van der Waals surface area contributed by atoms with Gasteiger partial charge in [-0.3, -0.25) is 19.2 Å². The van der Waals surface area contributed by atoms with Gasteiger partial charge in [0.15, 0.2) is 0 Å². The van der Waals surface area contributed by atoms with Crippen LogP contribution in [0.2, 0.25) is 0 Å². The Hall–Kier alpha value is -3.05. The molecular weight excluding hydrogens is 776 g/mol. The number of carbonyl (C=O) groups excluding carboxylic acids is 5. The number of hydrogen-bond acceptors (Lipinski definition) is 13. The van der Waals surface area contributed by atoms with E-state index in [-0.39, 0.29) is 62.2 Å². The first-order valence-corrected chi connectivity index (χ1v) is 21.9. The van der Waals surface area contributed by atoms with Gasteiger partial charge in [-0.25, -0.2) is 4.79 Å². The number of rotatable bonds is 9. The van der Waals surface area contributed by atoms with Crippen molar-refractivity contribution in [2.24, 2.45) is 35.3 Å². The van der Waals surface area contributed by atoms with Crippen LogP contribution in [0.1, 0.15) is 112 Å². The van der Waals surface area contributed by atoms with E-state index in [0.717, 1.165) is 5.57 Å². The number of primary amides is 1. The van der Waals surface area contributed by atoms with Crippen LogP contribution in [0.15, 0.2) is 23.3 Å². The molecule has 2 amide bonds. The smallest absolute Gasteiger partial charge is 0.329 e. The number of methoxy groups -OCH3 is 3. The fourth-order valence-corrected chi connectivity index (χ4v) is 9.75. The molecule has 2 saturated heterocycles. The van der Waals surface area contributed by atoms with Crippen LogP contribution in [-0.2, 0) is 52.4 Å². The number of aliphatic hydroxyl groups is 2. The zero-order valence-electron chi connectivity index (χ0n) is 37.3. The first-order valence-electron chi connectivity index (χ1n) is 21.9. The number of nitrogens with zero attached hydrogens (tertiary/aromatic N) is 1. The fourth-order valence-electron chi connectivity index (χ4n) is 9.75. The Labute approximate surface area is 356 Å².